The second-order valence-electron chi connectivity index (χ2n) is 6.48. The topological polar surface area (TPSA) is 82.7 Å². The summed E-state index contributed by atoms with van der Waals surface area (Å²) < 4.78 is 32.1. The van der Waals surface area contributed by atoms with Gasteiger partial charge in [0.05, 0.1) is 19.3 Å². The fraction of sp³-hybridized carbons (Fsp3) is 0.471. The number of sulfonamides is 1. The Morgan fingerprint density at radius 2 is 2.08 bits per heavy atom. The Morgan fingerprint density at radius 3 is 2.81 bits per heavy atom. The molecule has 0 aliphatic carbocycles. The lowest BCUT2D eigenvalue weighted by Crippen LogP contribution is -2.40. The van der Waals surface area contributed by atoms with E-state index in [2.05, 4.69) is 10.4 Å². The number of likely N-dealkylation sites (tertiary alicyclic amines) is 1. The summed E-state index contributed by atoms with van der Waals surface area (Å²) in [6, 6.07) is 3.57. The molecule has 2 aliphatic heterocycles. The number of rotatable bonds is 4. The molecule has 140 valence electrons. The van der Waals surface area contributed by atoms with Gasteiger partial charge in [-0.05, 0) is 41.3 Å². The zero-order valence-corrected chi connectivity index (χ0v) is 15.9. The van der Waals surface area contributed by atoms with Crippen LogP contribution in [0.5, 0.6) is 0 Å². The van der Waals surface area contributed by atoms with E-state index in [0.717, 1.165) is 18.4 Å². The van der Waals surface area contributed by atoms with Crippen molar-refractivity contribution in [2.75, 3.05) is 32.8 Å². The van der Waals surface area contributed by atoms with Crippen LogP contribution in [0.3, 0.4) is 0 Å². The molecule has 0 bridgehead atoms. The highest BCUT2D eigenvalue weighted by Crippen LogP contribution is 2.34. The van der Waals surface area contributed by atoms with Gasteiger partial charge in [-0.3, -0.25) is 4.79 Å². The molecule has 2 aromatic rings. The first kappa shape index (κ1) is 17.7. The molecule has 2 saturated heterocycles. The van der Waals surface area contributed by atoms with Crippen molar-refractivity contribution < 1.29 is 17.9 Å². The van der Waals surface area contributed by atoms with Crippen LogP contribution in [0.1, 0.15) is 34.9 Å². The third kappa shape index (κ3) is 3.20. The Morgan fingerprint density at radius 1 is 1.27 bits per heavy atom. The summed E-state index contributed by atoms with van der Waals surface area (Å²) in [4.78, 5) is 17.8. The van der Waals surface area contributed by atoms with Gasteiger partial charge >= 0.3 is 0 Å². The molecule has 0 saturated carbocycles. The molecule has 1 atom stereocenters. The van der Waals surface area contributed by atoms with Crippen molar-refractivity contribution >= 4 is 27.3 Å². The predicted octanol–water partition coefficient (Wildman–Crippen LogP) is 2.07. The highest BCUT2D eigenvalue weighted by molar-refractivity contribution is 7.89. The van der Waals surface area contributed by atoms with Gasteiger partial charge in [0.15, 0.2) is 0 Å². The van der Waals surface area contributed by atoms with E-state index in [1.54, 1.807) is 11.3 Å². The van der Waals surface area contributed by atoms with Gasteiger partial charge in [0, 0.05) is 25.8 Å². The quantitative estimate of drug-likeness (QED) is 0.859. The first-order valence-corrected chi connectivity index (χ1v) is 11.0. The van der Waals surface area contributed by atoms with Gasteiger partial charge in [-0.2, -0.15) is 15.6 Å². The van der Waals surface area contributed by atoms with Crippen LogP contribution in [0.15, 0.2) is 34.0 Å². The zero-order chi connectivity index (χ0) is 18.1. The average molecular weight is 396 g/mol. The van der Waals surface area contributed by atoms with Gasteiger partial charge in [0.2, 0.25) is 10.0 Å². The number of hydrogen-bond donors (Lipinski definition) is 1. The van der Waals surface area contributed by atoms with Crippen molar-refractivity contribution in [2.45, 2.75) is 23.8 Å². The van der Waals surface area contributed by atoms with Crippen LogP contribution in [0, 0.1) is 0 Å². The number of thiophene rings is 1. The molecule has 0 radical (unpaired) electrons. The third-order valence-corrected chi connectivity index (χ3v) is 7.51. The molecule has 7 nitrogen and oxygen atoms in total. The summed E-state index contributed by atoms with van der Waals surface area (Å²) >= 11 is 1.62. The maximum atomic E-state index is 12.9. The number of carbonyl (C=O) groups excluding carboxylic acids is 1. The van der Waals surface area contributed by atoms with E-state index in [-0.39, 0.29) is 16.8 Å². The van der Waals surface area contributed by atoms with Crippen molar-refractivity contribution in [2.24, 2.45) is 0 Å². The molecule has 2 aromatic heterocycles. The molecule has 0 aromatic carbocycles. The van der Waals surface area contributed by atoms with Gasteiger partial charge in [-0.1, -0.05) is 0 Å². The van der Waals surface area contributed by atoms with Crippen LogP contribution in [-0.4, -0.2) is 61.4 Å². The molecule has 2 aliphatic rings. The maximum Gasteiger partial charge on any atom is 0.270 e. The standard InChI is InChI=1S/C17H21N3O4S2/c21-17(20-4-1-2-16(20)13-3-9-25-12-13)15-10-14(11-18-15)26(22,23)19-5-7-24-8-6-19/h3,9-12,16,18H,1-2,4-8H2/t16-/m1/s1. The van der Waals surface area contributed by atoms with E-state index in [1.165, 1.54) is 16.6 Å². The number of morpholine rings is 1. The molecule has 4 heterocycles. The highest BCUT2D eigenvalue weighted by atomic mass is 32.2. The molecular weight excluding hydrogens is 374 g/mol. The number of nitrogens with one attached hydrogen (secondary N) is 1. The summed E-state index contributed by atoms with van der Waals surface area (Å²) in [5, 5.41) is 4.08. The van der Waals surface area contributed by atoms with Gasteiger partial charge in [0.25, 0.3) is 5.91 Å². The Balaban J connectivity index is 1.55. The largest absolute Gasteiger partial charge is 0.379 e. The lowest BCUT2D eigenvalue weighted by Gasteiger charge is -2.25. The van der Waals surface area contributed by atoms with Crippen molar-refractivity contribution in [3.8, 4) is 0 Å². The van der Waals surface area contributed by atoms with Gasteiger partial charge in [-0.15, -0.1) is 0 Å². The second-order valence-corrected chi connectivity index (χ2v) is 9.20. The van der Waals surface area contributed by atoms with Crippen LogP contribution in [0.4, 0.5) is 0 Å². The summed E-state index contributed by atoms with van der Waals surface area (Å²) in [5.41, 5.74) is 1.47. The lowest BCUT2D eigenvalue weighted by molar-refractivity contribution is 0.0727. The summed E-state index contributed by atoms with van der Waals surface area (Å²) in [6.07, 6.45) is 3.29. The van der Waals surface area contributed by atoms with E-state index in [4.69, 9.17) is 4.74 Å². The number of ether oxygens (including phenoxy) is 1. The van der Waals surface area contributed by atoms with Crippen LogP contribution in [0.25, 0.3) is 0 Å². The van der Waals surface area contributed by atoms with Crippen LogP contribution < -0.4 is 0 Å². The lowest BCUT2D eigenvalue weighted by atomic mass is 10.1. The van der Waals surface area contributed by atoms with E-state index in [0.29, 0.717) is 38.5 Å². The number of amides is 1. The number of carbonyl (C=O) groups is 1. The van der Waals surface area contributed by atoms with Crippen LogP contribution >= 0.6 is 11.3 Å². The molecular formula is C17H21N3O4S2. The van der Waals surface area contributed by atoms with Crippen LogP contribution in [-0.2, 0) is 14.8 Å². The summed E-state index contributed by atoms with van der Waals surface area (Å²) in [7, 11) is -3.60. The highest BCUT2D eigenvalue weighted by Gasteiger charge is 2.33. The Bertz CT molecular complexity index is 870. The second kappa shape index (κ2) is 7.15. The smallest absolute Gasteiger partial charge is 0.270 e. The minimum Gasteiger partial charge on any atom is -0.379 e. The van der Waals surface area contributed by atoms with Crippen molar-refractivity contribution in [3.63, 3.8) is 0 Å². The molecule has 0 unspecified atom stereocenters. The number of H-pyrrole nitrogens is 1. The number of aromatic nitrogens is 1. The molecule has 26 heavy (non-hydrogen) atoms. The van der Waals surface area contributed by atoms with E-state index < -0.39 is 10.0 Å². The first-order chi connectivity index (χ1) is 12.6. The predicted molar refractivity (Wildman–Crippen MR) is 97.7 cm³/mol. The molecule has 0 spiro atoms. The van der Waals surface area contributed by atoms with E-state index >= 15 is 0 Å². The van der Waals surface area contributed by atoms with Crippen molar-refractivity contribution in [3.05, 3.63) is 40.3 Å². The minimum atomic E-state index is -3.60. The third-order valence-electron chi connectivity index (χ3n) is 4.94. The van der Waals surface area contributed by atoms with Crippen LogP contribution in [0.2, 0.25) is 0 Å². The Kier molecular flexibility index (Phi) is 4.87. The van der Waals surface area contributed by atoms with E-state index in [1.807, 2.05) is 16.3 Å². The fourth-order valence-corrected chi connectivity index (χ4v) is 5.67. The number of nitrogens with zero attached hydrogens (tertiary/aromatic N) is 2. The monoisotopic (exact) mass is 395 g/mol. The van der Waals surface area contributed by atoms with Crippen molar-refractivity contribution in [1.82, 2.24) is 14.2 Å². The number of hydrogen-bond acceptors (Lipinski definition) is 5. The molecule has 1 amide bonds. The summed E-state index contributed by atoms with van der Waals surface area (Å²) in [6.45, 7) is 2.15. The maximum absolute atomic E-state index is 12.9. The molecule has 9 heteroatoms. The van der Waals surface area contributed by atoms with Crippen molar-refractivity contribution in [1.29, 1.82) is 0 Å². The summed E-state index contributed by atoms with van der Waals surface area (Å²) in [5.74, 6) is -0.151. The van der Waals surface area contributed by atoms with Gasteiger partial charge < -0.3 is 14.6 Å². The first-order valence-electron chi connectivity index (χ1n) is 8.67. The normalized spacial score (nSPS) is 22.0. The fourth-order valence-electron chi connectivity index (χ4n) is 3.56. The SMILES string of the molecule is O=C(c1cc(S(=O)(=O)N2CCOCC2)c[nH]1)N1CCC[C@@H]1c1ccsc1. The van der Waals surface area contributed by atoms with E-state index in [9.17, 15) is 13.2 Å². The Labute approximate surface area is 156 Å². The minimum absolute atomic E-state index is 0.0661. The number of aromatic amines is 1. The molecule has 4 rings (SSSR count). The van der Waals surface area contributed by atoms with Gasteiger partial charge in [-0.25, -0.2) is 8.42 Å². The molecule has 2 fully saturated rings. The Hall–Kier alpha value is -1.68. The van der Waals surface area contributed by atoms with Gasteiger partial charge in [0.1, 0.15) is 10.6 Å². The zero-order valence-electron chi connectivity index (χ0n) is 14.3. The molecule has 1 N–H and O–H groups in total. The average Bonchev–Trinajstić information content (AvgIpc) is 3.42.